The largest absolute Gasteiger partial charge is 0.373 e. The van der Waals surface area contributed by atoms with Gasteiger partial charge in [-0.15, -0.1) is 0 Å². The number of carbonyl (C=O) groups excluding carboxylic acids is 2. The van der Waals surface area contributed by atoms with Crippen molar-refractivity contribution < 1.29 is 29.1 Å². The second-order valence-corrected chi connectivity index (χ2v) is 8.83. The van der Waals surface area contributed by atoms with Gasteiger partial charge in [0.2, 0.25) is 0 Å². The summed E-state index contributed by atoms with van der Waals surface area (Å²) in [5.41, 5.74) is 4.49. The zero-order valence-electron chi connectivity index (χ0n) is 20.6. The molecular formula is C32H26O6. The van der Waals surface area contributed by atoms with Gasteiger partial charge in [0.1, 0.15) is 6.10 Å². The Morgan fingerprint density at radius 2 is 1.13 bits per heavy atom. The van der Waals surface area contributed by atoms with E-state index in [1.54, 1.807) is 36.4 Å². The van der Waals surface area contributed by atoms with Crippen LogP contribution in [0.3, 0.4) is 0 Å². The van der Waals surface area contributed by atoms with Crippen LogP contribution >= 0.6 is 0 Å². The molecule has 4 aromatic rings. The highest BCUT2D eigenvalue weighted by atomic mass is 17.2. The third kappa shape index (κ3) is 6.35. The highest BCUT2D eigenvalue weighted by Gasteiger charge is 2.33. The molecule has 0 spiro atoms. The van der Waals surface area contributed by atoms with E-state index < -0.39 is 18.0 Å². The van der Waals surface area contributed by atoms with E-state index in [4.69, 9.17) is 19.6 Å². The van der Waals surface area contributed by atoms with E-state index in [1.165, 1.54) is 0 Å². The summed E-state index contributed by atoms with van der Waals surface area (Å²) in [5, 5.41) is 0. The molecule has 2 radical (unpaired) electrons. The van der Waals surface area contributed by atoms with Gasteiger partial charge < -0.3 is 0 Å². The van der Waals surface area contributed by atoms with E-state index in [0.29, 0.717) is 30.1 Å². The molecule has 1 aliphatic carbocycles. The quantitative estimate of drug-likeness (QED) is 0.186. The average molecular weight is 507 g/mol. The standard InChI is InChI=1S/C32H26O6/c33-31(27-17-9-15-25(21-27)23-11-3-1-4-12-23)37-35-29-19-7-8-20-30(29)36-38-32(34)28-18-10-16-26(22-28)24-13-5-2-6-14-24/h1-7,9-18,21-22,29H,8,19-20H2. The van der Waals surface area contributed by atoms with Crippen LogP contribution in [0.2, 0.25) is 0 Å². The molecule has 1 atom stereocenters. The normalized spacial score (nSPS) is 15.5. The van der Waals surface area contributed by atoms with Crippen LogP contribution in [0, 0.1) is 12.5 Å². The van der Waals surface area contributed by atoms with Gasteiger partial charge in [-0.25, -0.2) is 9.59 Å². The van der Waals surface area contributed by atoms with E-state index in [1.807, 2.05) is 79.2 Å². The highest BCUT2D eigenvalue weighted by Crippen LogP contribution is 2.30. The summed E-state index contributed by atoms with van der Waals surface area (Å²) in [7, 11) is 0. The smallest absolute Gasteiger partial charge is 0.292 e. The lowest BCUT2D eigenvalue weighted by Gasteiger charge is -2.26. The number of benzene rings is 4. The van der Waals surface area contributed by atoms with Gasteiger partial charge in [-0.2, -0.15) is 9.78 Å². The van der Waals surface area contributed by atoms with E-state index in [-0.39, 0.29) is 0 Å². The number of rotatable bonds is 8. The summed E-state index contributed by atoms with van der Waals surface area (Å²) >= 11 is 0. The molecule has 1 fully saturated rings. The van der Waals surface area contributed by atoms with E-state index >= 15 is 0 Å². The number of hydrogen-bond donors (Lipinski definition) is 0. The first-order chi connectivity index (χ1) is 18.7. The summed E-state index contributed by atoms with van der Waals surface area (Å²) in [5.74, 6) is -1.25. The van der Waals surface area contributed by atoms with Gasteiger partial charge in [0, 0.05) is 0 Å². The van der Waals surface area contributed by atoms with E-state index in [9.17, 15) is 9.59 Å². The first kappa shape index (κ1) is 25.4. The van der Waals surface area contributed by atoms with Gasteiger partial charge in [0.15, 0.2) is 6.10 Å². The maximum atomic E-state index is 12.7. The summed E-state index contributed by atoms with van der Waals surface area (Å²) in [6.45, 7) is 0. The molecule has 0 N–H and O–H groups in total. The fourth-order valence-corrected chi connectivity index (χ4v) is 4.20. The molecule has 5 rings (SSSR count). The Morgan fingerprint density at radius 3 is 1.71 bits per heavy atom. The molecule has 1 aliphatic rings. The van der Waals surface area contributed by atoms with Crippen molar-refractivity contribution in [2.45, 2.75) is 25.4 Å². The molecule has 1 unspecified atom stereocenters. The predicted octanol–water partition coefficient (Wildman–Crippen LogP) is 7.19. The number of hydrogen-bond acceptors (Lipinski definition) is 6. The lowest BCUT2D eigenvalue weighted by molar-refractivity contribution is -0.317. The lowest BCUT2D eigenvalue weighted by atomic mass is 9.95. The van der Waals surface area contributed by atoms with Crippen molar-refractivity contribution >= 4 is 11.9 Å². The van der Waals surface area contributed by atoms with Crippen molar-refractivity contribution in [3.63, 3.8) is 0 Å². The molecule has 0 aliphatic heterocycles. The molecule has 1 saturated carbocycles. The second-order valence-electron chi connectivity index (χ2n) is 8.83. The number of carbonyl (C=O) groups is 2. The average Bonchev–Trinajstić information content (AvgIpc) is 3.00. The van der Waals surface area contributed by atoms with Crippen LogP contribution in [0.5, 0.6) is 0 Å². The molecule has 4 aromatic carbocycles. The van der Waals surface area contributed by atoms with Crippen molar-refractivity contribution in [2.75, 3.05) is 0 Å². The highest BCUT2D eigenvalue weighted by molar-refractivity contribution is 5.91. The Labute approximate surface area is 221 Å². The van der Waals surface area contributed by atoms with Crippen LogP contribution < -0.4 is 0 Å². The molecule has 0 heterocycles. The first-order valence-corrected chi connectivity index (χ1v) is 12.4. The molecule has 190 valence electrons. The minimum atomic E-state index is -0.687. The predicted molar refractivity (Wildman–Crippen MR) is 142 cm³/mol. The van der Waals surface area contributed by atoms with Gasteiger partial charge in [-0.05, 0) is 72.2 Å². The van der Waals surface area contributed by atoms with E-state index in [0.717, 1.165) is 28.7 Å². The SMILES string of the molecule is O=C(OO[C]1CC[CH]CC1OOC(=O)c1cccc(-c2ccccc2)c1)c1cccc(-c2ccccc2)c1. The van der Waals surface area contributed by atoms with E-state index in [2.05, 4.69) is 0 Å². The molecule has 38 heavy (non-hydrogen) atoms. The summed E-state index contributed by atoms with van der Waals surface area (Å²) in [6, 6.07) is 33.8. The maximum Gasteiger partial charge on any atom is 0.373 e. The van der Waals surface area contributed by atoms with Gasteiger partial charge in [0.05, 0.1) is 11.1 Å². The Kier molecular flexibility index (Phi) is 8.23. The van der Waals surface area contributed by atoms with Crippen LogP contribution in [-0.4, -0.2) is 18.0 Å². The van der Waals surface area contributed by atoms with Gasteiger partial charge in [-0.1, -0.05) is 84.9 Å². The van der Waals surface area contributed by atoms with Crippen molar-refractivity contribution in [3.05, 3.63) is 133 Å². The molecule has 0 amide bonds. The Morgan fingerprint density at radius 1 is 0.605 bits per heavy atom. The first-order valence-electron chi connectivity index (χ1n) is 12.4. The summed E-state index contributed by atoms with van der Waals surface area (Å²) in [6.07, 6.45) is 3.35. The van der Waals surface area contributed by atoms with Crippen LogP contribution in [0.15, 0.2) is 109 Å². The molecular weight excluding hydrogens is 480 g/mol. The third-order valence-corrected chi connectivity index (χ3v) is 6.21. The third-order valence-electron chi connectivity index (χ3n) is 6.21. The lowest BCUT2D eigenvalue weighted by Crippen LogP contribution is -2.30. The van der Waals surface area contributed by atoms with Crippen molar-refractivity contribution in [1.82, 2.24) is 0 Å². The molecule has 0 bridgehead atoms. The van der Waals surface area contributed by atoms with Gasteiger partial charge in [-0.3, -0.25) is 9.78 Å². The zero-order chi connectivity index (χ0) is 26.2. The van der Waals surface area contributed by atoms with Crippen molar-refractivity contribution in [2.24, 2.45) is 0 Å². The zero-order valence-corrected chi connectivity index (χ0v) is 20.6. The Bertz CT molecular complexity index is 1260. The fraction of sp³-hybridized carbons (Fsp3) is 0.125. The Balaban J connectivity index is 1.17. The minimum absolute atomic E-state index is 0.358. The molecule has 6 nitrogen and oxygen atoms in total. The fourth-order valence-electron chi connectivity index (χ4n) is 4.20. The summed E-state index contributed by atoms with van der Waals surface area (Å²) < 4.78 is 0. The maximum absolute atomic E-state index is 12.7. The van der Waals surface area contributed by atoms with Crippen LogP contribution in [0.4, 0.5) is 0 Å². The van der Waals surface area contributed by atoms with Crippen LogP contribution in [-0.2, 0) is 19.6 Å². The summed E-state index contributed by atoms with van der Waals surface area (Å²) in [4.78, 5) is 46.5. The van der Waals surface area contributed by atoms with Crippen molar-refractivity contribution in [1.29, 1.82) is 0 Å². The van der Waals surface area contributed by atoms with Gasteiger partial charge in [0.25, 0.3) is 0 Å². The topological polar surface area (TPSA) is 71.1 Å². The second kappa shape index (κ2) is 12.3. The molecule has 6 heteroatoms. The monoisotopic (exact) mass is 506 g/mol. The molecule has 0 aromatic heterocycles. The molecule has 0 saturated heterocycles. The minimum Gasteiger partial charge on any atom is -0.292 e. The van der Waals surface area contributed by atoms with Crippen molar-refractivity contribution in [3.8, 4) is 22.3 Å². The van der Waals surface area contributed by atoms with Crippen LogP contribution in [0.25, 0.3) is 22.3 Å². The Hall–Kier alpha value is -4.26. The van der Waals surface area contributed by atoms with Crippen LogP contribution in [0.1, 0.15) is 40.0 Å². The van der Waals surface area contributed by atoms with Gasteiger partial charge >= 0.3 is 11.9 Å².